The summed E-state index contributed by atoms with van der Waals surface area (Å²) in [6.45, 7) is 25.3. The minimum Gasteiger partial charge on any atom is -0.444 e. The van der Waals surface area contributed by atoms with Crippen LogP contribution >= 0.6 is 0 Å². The number of carbonyl (C=O) groups is 3. The topological polar surface area (TPSA) is 115 Å². The Kier molecular flexibility index (Phi) is 27.2. The minimum atomic E-state index is -0.553. The molecule has 0 fully saturated rings. The number of hydrogen-bond acceptors (Lipinski definition) is 6. The van der Waals surface area contributed by atoms with E-state index in [0.717, 1.165) is 12.8 Å². The van der Waals surface area contributed by atoms with Crippen molar-refractivity contribution in [2.75, 3.05) is 19.8 Å². The van der Waals surface area contributed by atoms with Crippen LogP contribution in [0.25, 0.3) is 0 Å². The summed E-state index contributed by atoms with van der Waals surface area (Å²) in [5.74, 6) is 0.107. The number of unbranched alkanes of at least 4 members (excludes halogenated alkanes) is 13. The Morgan fingerprint density at radius 2 is 0.964 bits per heavy atom. The van der Waals surface area contributed by atoms with E-state index in [0.29, 0.717) is 58.3 Å². The van der Waals surface area contributed by atoms with Crippen molar-refractivity contribution in [1.29, 1.82) is 0 Å². The Bertz CT molecular complexity index is 1060. The summed E-state index contributed by atoms with van der Waals surface area (Å²) in [7, 11) is 0. The fraction of sp³-hybridized carbons (Fsp3) is 0.891. The molecule has 324 valence electrons. The zero-order chi connectivity index (χ0) is 41.9. The number of carbonyl (C=O) groups excluding carboxylic acids is 3. The molecule has 0 bridgehead atoms. The lowest BCUT2D eigenvalue weighted by Crippen LogP contribution is -2.46. The van der Waals surface area contributed by atoms with E-state index < -0.39 is 28.4 Å². The Balaban J connectivity index is 4.04. The van der Waals surface area contributed by atoms with Crippen LogP contribution in [0.5, 0.6) is 0 Å². The molecule has 0 rings (SSSR count). The second-order valence-electron chi connectivity index (χ2n) is 19.3. The monoisotopic (exact) mass is 780 g/mol. The lowest BCUT2D eigenvalue weighted by Gasteiger charge is -2.31. The molecule has 0 aromatic carbocycles. The summed E-state index contributed by atoms with van der Waals surface area (Å²) < 4.78 is 17.7. The number of amides is 3. The molecule has 9 heteroatoms. The molecule has 3 amide bonds. The number of rotatable bonds is 33. The minimum absolute atomic E-state index is 0.0131. The summed E-state index contributed by atoms with van der Waals surface area (Å²) in [5, 5.41) is 9.13. The fourth-order valence-corrected chi connectivity index (χ4v) is 6.17. The van der Waals surface area contributed by atoms with E-state index in [-0.39, 0.29) is 17.4 Å². The van der Waals surface area contributed by atoms with Crippen molar-refractivity contribution < 1.29 is 28.6 Å². The van der Waals surface area contributed by atoms with Crippen LogP contribution in [0, 0.1) is 0 Å². The molecule has 0 heterocycles. The highest BCUT2D eigenvalue weighted by atomic mass is 16.6. The average molecular weight is 780 g/mol. The van der Waals surface area contributed by atoms with E-state index in [9.17, 15) is 14.4 Å². The van der Waals surface area contributed by atoms with Crippen LogP contribution in [0.15, 0.2) is 12.2 Å². The molecule has 55 heavy (non-hydrogen) atoms. The van der Waals surface area contributed by atoms with Crippen LogP contribution in [-0.4, -0.2) is 65.5 Å². The van der Waals surface area contributed by atoms with Gasteiger partial charge in [-0.25, -0.2) is 4.79 Å². The van der Waals surface area contributed by atoms with Gasteiger partial charge in [-0.15, -0.1) is 0 Å². The second kappa shape index (κ2) is 28.3. The normalized spacial score (nSPS) is 12.9. The second-order valence-corrected chi connectivity index (χ2v) is 19.3. The van der Waals surface area contributed by atoms with Gasteiger partial charge in [0.1, 0.15) is 5.60 Å². The van der Waals surface area contributed by atoms with E-state index in [1.165, 1.54) is 83.5 Å². The maximum absolute atomic E-state index is 12.6. The highest BCUT2D eigenvalue weighted by Crippen LogP contribution is 2.21. The smallest absolute Gasteiger partial charge is 0.408 e. The fourth-order valence-electron chi connectivity index (χ4n) is 6.17. The highest BCUT2D eigenvalue weighted by molar-refractivity contribution is 5.76. The molecule has 0 aromatic heterocycles. The largest absolute Gasteiger partial charge is 0.444 e. The Hall–Kier alpha value is -2.13. The summed E-state index contributed by atoms with van der Waals surface area (Å²) in [6, 6.07) is 0. The van der Waals surface area contributed by atoms with Crippen molar-refractivity contribution in [3.63, 3.8) is 0 Å². The summed E-state index contributed by atoms with van der Waals surface area (Å²) in [5.41, 5.74) is -2.26. The number of nitrogens with one attached hydrogen (secondary N) is 3. The van der Waals surface area contributed by atoms with Gasteiger partial charge in [-0.1, -0.05) is 83.3 Å². The van der Waals surface area contributed by atoms with Gasteiger partial charge in [0.25, 0.3) is 0 Å². The zero-order valence-corrected chi connectivity index (χ0v) is 38.1. The van der Waals surface area contributed by atoms with Gasteiger partial charge in [-0.05, 0) is 134 Å². The van der Waals surface area contributed by atoms with Gasteiger partial charge in [0.2, 0.25) is 11.8 Å². The highest BCUT2D eigenvalue weighted by Gasteiger charge is 2.27. The van der Waals surface area contributed by atoms with E-state index in [1.807, 2.05) is 62.3 Å². The molecule has 0 aliphatic rings. The van der Waals surface area contributed by atoms with Gasteiger partial charge in [-0.2, -0.15) is 0 Å². The van der Waals surface area contributed by atoms with Crippen LogP contribution in [0.2, 0.25) is 0 Å². The molecule has 0 aromatic rings. The molecule has 0 radical (unpaired) electrons. The lowest BCUT2D eigenvalue weighted by atomic mass is 9.99. The molecular formula is C46H89N3O6. The maximum Gasteiger partial charge on any atom is 0.408 e. The van der Waals surface area contributed by atoms with E-state index in [4.69, 9.17) is 14.2 Å². The van der Waals surface area contributed by atoms with Gasteiger partial charge < -0.3 is 30.2 Å². The average Bonchev–Trinajstić information content (AvgIpc) is 3.03. The lowest BCUT2D eigenvalue weighted by molar-refractivity contribution is -0.123. The van der Waals surface area contributed by atoms with Crippen molar-refractivity contribution in [3.8, 4) is 0 Å². The first-order valence-electron chi connectivity index (χ1n) is 22.1. The summed E-state index contributed by atoms with van der Waals surface area (Å²) in [6.07, 6.45) is 26.9. The number of ether oxygens (including phenoxy) is 3. The molecule has 0 spiro atoms. The van der Waals surface area contributed by atoms with Crippen LogP contribution in [0.1, 0.15) is 218 Å². The van der Waals surface area contributed by atoms with Crippen molar-refractivity contribution in [2.45, 2.75) is 246 Å². The SMILES string of the molecule is CCCCCC/C=C\CCCCCCCCCCCC(=O)NC(C)(C)CCOC(C)(C)CCNC(=O)CCC(C)(C)OCCC(C)(C)NC(=O)OC(C)(C)C. The van der Waals surface area contributed by atoms with Crippen molar-refractivity contribution >= 4 is 17.9 Å². The first kappa shape index (κ1) is 52.9. The molecule has 0 aliphatic heterocycles. The van der Waals surface area contributed by atoms with Crippen LogP contribution < -0.4 is 16.0 Å². The first-order chi connectivity index (χ1) is 25.6. The summed E-state index contributed by atoms with van der Waals surface area (Å²) in [4.78, 5) is 37.4. The summed E-state index contributed by atoms with van der Waals surface area (Å²) >= 11 is 0. The van der Waals surface area contributed by atoms with Crippen LogP contribution in [0.4, 0.5) is 4.79 Å². The van der Waals surface area contributed by atoms with E-state index >= 15 is 0 Å². The van der Waals surface area contributed by atoms with Crippen molar-refractivity contribution in [3.05, 3.63) is 12.2 Å². The Labute approximate surface area is 339 Å². The molecule has 0 unspecified atom stereocenters. The van der Waals surface area contributed by atoms with Crippen LogP contribution in [-0.2, 0) is 23.8 Å². The van der Waals surface area contributed by atoms with Gasteiger partial charge in [0.05, 0.1) is 11.2 Å². The molecule has 0 saturated carbocycles. The molecule has 3 N–H and O–H groups in total. The van der Waals surface area contributed by atoms with Crippen molar-refractivity contribution in [1.82, 2.24) is 16.0 Å². The molecule has 0 aliphatic carbocycles. The molecule has 0 atom stereocenters. The van der Waals surface area contributed by atoms with Gasteiger partial charge in [0.15, 0.2) is 0 Å². The first-order valence-corrected chi connectivity index (χ1v) is 22.1. The third-order valence-electron chi connectivity index (χ3n) is 9.93. The van der Waals surface area contributed by atoms with E-state index in [2.05, 4.69) is 48.9 Å². The Morgan fingerprint density at radius 3 is 1.47 bits per heavy atom. The number of hydrogen-bond donors (Lipinski definition) is 3. The third kappa shape index (κ3) is 34.8. The predicted molar refractivity (Wildman–Crippen MR) is 231 cm³/mol. The number of allylic oxidation sites excluding steroid dienone is 2. The standard InChI is InChI=1S/C46H89N3O6/c1-13-14-15-16-17-18-19-20-21-22-23-24-25-26-27-28-29-30-40(51)48-43(5,6)34-37-54-46(11,12)33-36-47-39(50)31-32-45(9,10)53-38-35-44(7,8)49-41(52)55-42(2,3)4/h18-19H,13-17,20-38H2,1-12H3,(H,47,50)(H,48,51)(H,49,52)/b19-18-. The zero-order valence-electron chi connectivity index (χ0n) is 38.1. The van der Waals surface area contributed by atoms with Gasteiger partial charge >= 0.3 is 6.09 Å². The van der Waals surface area contributed by atoms with Crippen LogP contribution in [0.3, 0.4) is 0 Å². The Morgan fingerprint density at radius 1 is 0.509 bits per heavy atom. The van der Waals surface area contributed by atoms with Crippen molar-refractivity contribution in [2.24, 2.45) is 0 Å². The number of alkyl carbamates (subject to hydrolysis) is 1. The van der Waals surface area contributed by atoms with Gasteiger partial charge in [-0.3, -0.25) is 9.59 Å². The quantitative estimate of drug-likeness (QED) is 0.0451. The maximum atomic E-state index is 12.6. The van der Waals surface area contributed by atoms with E-state index in [1.54, 1.807) is 0 Å². The third-order valence-corrected chi connectivity index (χ3v) is 9.93. The predicted octanol–water partition coefficient (Wildman–Crippen LogP) is 11.7. The molecule has 0 saturated heterocycles. The van der Waals surface area contributed by atoms with Gasteiger partial charge in [0, 0.05) is 43.7 Å². The molecular weight excluding hydrogens is 691 g/mol. The molecule has 9 nitrogen and oxygen atoms in total.